The molecule has 1 saturated carbocycles. The number of aliphatic hydroxyl groups excluding tert-OH is 1. The second kappa shape index (κ2) is 5.71. The van der Waals surface area contributed by atoms with E-state index in [0.29, 0.717) is 5.65 Å². The van der Waals surface area contributed by atoms with Crippen LogP contribution in [0.25, 0.3) is 11.2 Å². The number of nitrogens with one attached hydrogen (secondary N) is 1. The fourth-order valence-electron chi connectivity index (χ4n) is 2.92. The molecule has 0 radical (unpaired) electrons. The molecular formula is C15H20N4O. The van der Waals surface area contributed by atoms with Gasteiger partial charge in [0.1, 0.15) is 11.3 Å². The molecule has 106 valence electrons. The van der Waals surface area contributed by atoms with Crippen molar-refractivity contribution in [3.8, 4) is 0 Å². The van der Waals surface area contributed by atoms with E-state index in [2.05, 4.69) is 20.3 Å². The first-order valence-corrected chi connectivity index (χ1v) is 7.24. The van der Waals surface area contributed by atoms with Gasteiger partial charge in [-0.3, -0.25) is 4.98 Å². The van der Waals surface area contributed by atoms with Crippen molar-refractivity contribution < 1.29 is 5.11 Å². The molecule has 0 aliphatic heterocycles. The van der Waals surface area contributed by atoms with Crippen LogP contribution in [0, 0.1) is 5.41 Å². The maximum absolute atomic E-state index is 9.71. The minimum atomic E-state index is 0.0112. The molecule has 0 bridgehead atoms. The minimum Gasteiger partial charge on any atom is -0.396 e. The molecule has 0 unspecified atom stereocenters. The average Bonchev–Trinajstić information content (AvgIpc) is 2.54. The second-order valence-corrected chi connectivity index (χ2v) is 5.67. The number of rotatable bonds is 4. The van der Waals surface area contributed by atoms with E-state index in [1.54, 1.807) is 12.4 Å². The van der Waals surface area contributed by atoms with Crippen LogP contribution >= 0.6 is 0 Å². The van der Waals surface area contributed by atoms with Crippen LogP contribution in [0.3, 0.4) is 0 Å². The van der Waals surface area contributed by atoms with Crippen molar-refractivity contribution in [2.75, 3.05) is 18.5 Å². The lowest BCUT2D eigenvalue weighted by molar-refractivity contribution is 0.0943. The third-order valence-electron chi connectivity index (χ3n) is 4.23. The summed E-state index contributed by atoms with van der Waals surface area (Å²) in [6.45, 7) is 1.01. The number of fused-ring (bicyclic) bond motifs is 1. The highest BCUT2D eigenvalue weighted by Gasteiger charge is 2.31. The first-order valence-electron chi connectivity index (χ1n) is 7.24. The van der Waals surface area contributed by atoms with Gasteiger partial charge >= 0.3 is 0 Å². The zero-order valence-electron chi connectivity index (χ0n) is 11.5. The lowest BCUT2D eigenvalue weighted by atomic mass is 9.74. The van der Waals surface area contributed by atoms with Gasteiger partial charge in [0, 0.05) is 24.4 Å². The summed E-state index contributed by atoms with van der Waals surface area (Å²) in [5.41, 5.74) is 1.46. The molecule has 2 N–H and O–H groups in total. The summed E-state index contributed by atoms with van der Waals surface area (Å²) in [7, 11) is 0. The van der Waals surface area contributed by atoms with Gasteiger partial charge in [0.25, 0.3) is 0 Å². The molecule has 1 fully saturated rings. The van der Waals surface area contributed by atoms with E-state index in [4.69, 9.17) is 0 Å². The van der Waals surface area contributed by atoms with Crippen molar-refractivity contribution in [1.82, 2.24) is 15.0 Å². The Hall–Kier alpha value is -1.75. The topological polar surface area (TPSA) is 70.9 Å². The summed E-state index contributed by atoms with van der Waals surface area (Å²) in [6.07, 6.45) is 9.19. The molecule has 0 atom stereocenters. The monoisotopic (exact) mass is 272 g/mol. The fourth-order valence-corrected chi connectivity index (χ4v) is 2.92. The van der Waals surface area contributed by atoms with Gasteiger partial charge < -0.3 is 10.4 Å². The Morgan fingerprint density at radius 3 is 2.70 bits per heavy atom. The van der Waals surface area contributed by atoms with Crippen LogP contribution in [0.1, 0.15) is 32.1 Å². The number of nitrogens with zero attached hydrogens (tertiary/aromatic N) is 3. The van der Waals surface area contributed by atoms with Crippen molar-refractivity contribution in [2.24, 2.45) is 5.41 Å². The SMILES string of the molecule is OCC1(CNc2ccc3nccnc3n2)CCCCC1. The van der Waals surface area contributed by atoms with Crippen molar-refractivity contribution >= 4 is 17.0 Å². The molecule has 3 rings (SSSR count). The molecule has 0 amide bonds. The summed E-state index contributed by atoms with van der Waals surface area (Å²) in [4.78, 5) is 12.9. The van der Waals surface area contributed by atoms with Gasteiger partial charge in [-0.05, 0) is 25.0 Å². The van der Waals surface area contributed by atoms with Crippen molar-refractivity contribution in [2.45, 2.75) is 32.1 Å². The molecule has 5 nitrogen and oxygen atoms in total. The number of hydrogen-bond donors (Lipinski definition) is 2. The number of aliphatic hydroxyl groups is 1. The number of hydrogen-bond acceptors (Lipinski definition) is 5. The Bertz CT molecular complexity index is 581. The first-order chi connectivity index (χ1) is 9.81. The fraction of sp³-hybridized carbons (Fsp3) is 0.533. The molecule has 2 aromatic heterocycles. The average molecular weight is 272 g/mol. The molecule has 1 aliphatic carbocycles. The predicted molar refractivity (Wildman–Crippen MR) is 78.4 cm³/mol. The van der Waals surface area contributed by atoms with E-state index < -0.39 is 0 Å². The Morgan fingerprint density at radius 1 is 1.10 bits per heavy atom. The predicted octanol–water partition coefficient (Wildman–Crippen LogP) is 2.38. The summed E-state index contributed by atoms with van der Waals surface area (Å²) >= 11 is 0. The number of pyridine rings is 1. The highest BCUT2D eigenvalue weighted by molar-refractivity contribution is 5.71. The maximum Gasteiger partial charge on any atom is 0.180 e. The Kier molecular flexibility index (Phi) is 3.78. The van der Waals surface area contributed by atoms with Crippen LogP contribution in [0.2, 0.25) is 0 Å². The third kappa shape index (κ3) is 2.72. The van der Waals surface area contributed by atoms with Gasteiger partial charge in [-0.15, -0.1) is 0 Å². The third-order valence-corrected chi connectivity index (χ3v) is 4.23. The van der Waals surface area contributed by atoms with Crippen molar-refractivity contribution in [1.29, 1.82) is 0 Å². The molecule has 0 aromatic carbocycles. The van der Waals surface area contributed by atoms with Crippen LogP contribution in [-0.2, 0) is 0 Å². The molecule has 2 aromatic rings. The van der Waals surface area contributed by atoms with Crippen LogP contribution in [0.15, 0.2) is 24.5 Å². The minimum absolute atomic E-state index is 0.0112. The van der Waals surface area contributed by atoms with Crippen molar-refractivity contribution in [3.63, 3.8) is 0 Å². The Morgan fingerprint density at radius 2 is 1.90 bits per heavy atom. The van der Waals surface area contributed by atoms with Crippen LogP contribution in [0.5, 0.6) is 0 Å². The van der Waals surface area contributed by atoms with Gasteiger partial charge in [0.15, 0.2) is 5.65 Å². The van der Waals surface area contributed by atoms with Gasteiger partial charge in [-0.2, -0.15) is 0 Å². The van der Waals surface area contributed by atoms with Crippen LogP contribution in [-0.4, -0.2) is 33.2 Å². The van der Waals surface area contributed by atoms with Crippen molar-refractivity contribution in [3.05, 3.63) is 24.5 Å². The standard InChI is InChI=1S/C15H20N4O/c20-11-15(6-2-1-3-7-15)10-18-13-5-4-12-14(19-13)17-9-8-16-12/h4-5,8-9,20H,1-3,6-7,10-11H2,(H,17,18,19). The van der Waals surface area contributed by atoms with E-state index >= 15 is 0 Å². The largest absolute Gasteiger partial charge is 0.396 e. The number of aromatic nitrogens is 3. The maximum atomic E-state index is 9.71. The Labute approximate surface area is 118 Å². The lowest BCUT2D eigenvalue weighted by Gasteiger charge is -2.35. The molecule has 5 heteroatoms. The van der Waals surface area contributed by atoms with Gasteiger partial charge in [0.05, 0.1) is 6.61 Å². The molecule has 2 heterocycles. The van der Waals surface area contributed by atoms with Gasteiger partial charge in [-0.1, -0.05) is 19.3 Å². The highest BCUT2D eigenvalue weighted by atomic mass is 16.3. The molecular weight excluding hydrogens is 252 g/mol. The van der Waals surface area contributed by atoms with Gasteiger partial charge in [-0.25, -0.2) is 9.97 Å². The molecule has 0 saturated heterocycles. The zero-order chi connectivity index (χ0) is 13.8. The quantitative estimate of drug-likeness (QED) is 0.894. The van der Waals surface area contributed by atoms with Crippen LogP contribution in [0.4, 0.5) is 5.82 Å². The summed E-state index contributed by atoms with van der Waals surface area (Å²) in [5.74, 6) is 0.802. The molecule has 1 aliphatic rings. The number of anilines is 1. The van der Waals surface area contributed by atoms with E-state index in [-0.39, 0.29) is 12.0 Å². The second-order valence-electron chi connectivity index (χ2n) is 5.67. The highest BCUT2D eigenvalue weighted by Crippen LogP contribution is 2.35. The normalized spacial score (nSPS) is 18.1. The smallest absolute Gasteiger partial charge is 0.180 e. The van der Waals surface area contributed by atoms with Crippen LogP contribution < -0.4 is 5.32 Å². The molecule has 20 heavy (non-hydrogen) atoms. The van der Waals surface area contributed by atoms with Gasteiger partial charge in [0.2, 0.25) is 0 Å². The zero-order valence-corrected chi connectivity index (χ0v) is 11.5. The van der Waals surface area contributed by atoms with E-state index in [1.165, 1.54) is 19.3 Å². The summed E-state index contributed by atoms with van der Waals surface area (Å²) in [5, 5.41) is 13.1. The van der Waals surface area contributed by atoms with E-state index in [1.807, 2.05) is 12.1 Å². The summed E-state index contributed by atoms with van der Waals surface area (Å²) in [6, 6.07) is 3.84. The first kappa shape index (κ1) is 13.2. The summed E-state index contributed by atoms with van der Waals surface area (Å²) < 4.78 is 0. The molecule has 0 spiro atoms. The van der Waals surface area contributed by atoms with E-state index in [9.17, 15) is 5.11 Å². The lowest BCUT2D eigenvalue weighted by Crippen LogP contribution is -2.35. The van der Waals surface area contributed by atoms with E-state index in [0.717, 1.165) is 30.7 Å². The Balaban J connectivity index is 1.72.